The van der Waals surface area contributed by atoms with Gasteiger partial charge in [0.2, 0.25) is 0 Å². The van der Waals surface area contributed by atoms with E-state index in [4.69, 9.17) is 34.3 Å². The Morgan fingerprint density at radius 3 is 2.83 bits per heavy atom. The van der Waals surface area contributed by atoms with Crippen molar-refractivity contribution in [1.29, 1.82) is 0 Å². The predicted octanol–water partition coefficient (Wildman–Crippen LogP) is 2.59. The quantitative estimate of drug-likeness (QED) is 0.866. The minimum atomic E-state index is 0.213. The second-order valence-corrected chi connectivity index (χ2v) is 5.44. The highest BCUT2D eigenvalue weighted by Crippen LogP contribution is 2.29. The van der Waals surface area contributed by atoms with Gasteiger partial charge in [-0.25, -0.2) is 0 Å². The van der Waals surface area contributed by atoms with E-state index in [0.717, 1.165) is 24.3 Å². The molecule has 2 N–H and O–H groups in total. The molecule has 1 heterocycles. The van der Waals surface area contributed by atoms with Gasteiger partial charge >= 0.3 is 0 Å². The van der Waals surface area contributed by atoms with E-state index in [1.807, 2.05) is 25.2 Å². The van der Waals surface area contributed by atoms with E-state index in [1.165, 1.54) is 0 Å². The molecule has 1 aromatic carbocycles. The number of rotatable bonds is 3. The fraction of sp³-hybridized carbons (Fsp3) is 0.462. The molecule has 0 aliphatic carbocycles. The maximum absolute atomic E-state index is 6.00. The van der Waals surface area contributed by atoms with E-state index in [9.17, 15) is 0 Å². The van der Waals surface area contributed by atoms with E-state index in [0.29, 0.717) is 16.1 Å². The number of likely N-dealkylation sites (N-methyl/N-ethyl adjacent to an activating group) is 1. The van der Waals surface area contributed by atoms with Gasteiger partial charge in [-0.3, -0.25) is 0 Å². The minimum absolute atomic E-state index is 0.213. The highest BCUT2D eigenvalue weighted by molar-refractivity contribution is 7.80. The molecule has 0 spiro atoms. The number of benzene rings is 1. The molecule has 1 fully saturated rings. The molecule has 0 saturated carbocycles. The van der Waals surface area contributed by atoms with Crippen molar-refractivity contribution in [3.63, 3.8) is 0 Å². The van der Waals surface area contributed by atoms with Crippen molar-refractivity contribution in [3.8, 4) is 0 Å². The zero-order chi connectivity index (χ0) is 13.3. The second kappa shape index (κ2) is 5.43. The van der Waals surface area contributed by atoms with E-state index in [2.05, 4.69) is 11.8 Å². The summed E-state index contributed by atoms with van der Waals surface area (Å²) in [7, 11) is 2.04. The molecule has 1 aliphatic rings. The van der Waals surface area contributed by atoms with Gasteiger partial charge in [0.25, 0.3) is 0 Å². The summed E-state index contributed by atoms with van der Waals surface area (Å²) in [6.07, 6.45) is 1.22. The number of thiocarbonyl (C=S) groups is 1. The van der Waals surface area contributed by atoms with Crippen LogP contribution in [0.25, 0.3) is 0 Å². The summed E-state index contributed by atoms with van der Waals surface area (Å²) < 4.78 is 5.60. The van der Waals surface area contributed by atoms with Crippen LogP contribution < -0.4 is 10.6 Å². The average Bonchev–Trinajstić information content (AvgIpc) is 2.74. The first-order valence-corrected chi connectivity index (χ1v) is 6.73. The molecule has 1 aliphatic heterocycles. The van der Waals surface area contributed by atoms with E-state index in [-0.39, 0.29) is 6.10 Å². The highest BCUT2D eigenvalue weighted by Gasteiger charge is 2.29. The molecular weight excluding hydrogens is 268 g/mol. The lowest BCUT2D eigenvalue weighted by molar-refractivity contribution is 0.118. The van der Waals surface area contributed by atoms with Crippen LogP contribution in [-0.4, -0.2) is 30.8 Å². The van der Waals surface area contributed by atoms with E-state index < -0.39 is 0 Å². The van der Waals surface area contributed by atoms with Crippen LogP contribution in [0.4, 0.5) is 5.69 Å². The number of hydrogen-bond acceptors (Lipinski definition) is 3. The Bertz CT molecular complexity index is 466. The van der Waals surface area contributed by atoms with Crippen molar-refractivity contribution >= 4 is 34.5 Å². The van der Waals surface area contributed by atoms with E-state index >= 15 is 0 Å². The van der Waals surface area contributed by atoms with Crippen LogP contribution in [0.5, 0.6) is 0 Å². The molecule has 2 unspecified atom stereocenters. The molecule has 2 rings (SSSR count). The number of halogens is 1. The van der Waals surface area contributed by atoms with Crippen molar-refractivity contribution in [2.45, 2.75) is 25.5 Å². The Morgan fingerprint density at radius 1 is 1.56 bits per heavy atom. The number of nitrogens with two attached hydrogens (primary N) is 1. The van der Waals surface area contributed by atoms with Crippen LogP contribution in [0.2, 0.25) is 5.02 Å². The van der Waals surface area contributed by atoms with Gasteiger partial charge in [0, 0.05) is 29.9 Å². The lowest BCUT2D eigenvalue weighted by Crippen LogP contribution is -2.37. The van der Waals surface area contributed by atoms with Crippen molar-refractivity contribution < 1.29 is 4.74 Å². The SMILES string of the molecule is CC1OCCC1N(C)c1ccc(Cl)cc1C(N)=S. The van der Waals surface area contributed by atoms with Crippen molar-refractivity contribution in [1.82, 2.24) is 0 Å². The minimum Gasteiger partial charge on any atom is -0.389 e. The third kappa shape index (κ3) is 2.60. The van der Waals surface area contributed by atoms with Crippen LogP contribution in [0, 0.1) is 0 Å². The molecule has 0 radical (unpaired) electrons. The topological polar surface area (TPSA) is 38.5 Å². The number of nitrogens with zero attached hydrogens (tertiary/aromatic N) is 1. The smallest absolute Gasteiger partial charge is 0.106 e. The molecule has 3 nitrogen and oxygen atoms in total. The van der Waals surface area contributed by atoms with Gasteiger partial charge < -0.3 is 15.4 Å². The average molecular weight is 285 g/mol. The van der Waals surface area contributed by atoms with Gasteiger partial charge in [0.15, 0.2) is 0 Å². The van der Waals surface area contributed by atoms with Crippen LogP contribution in [0.15, 0.2) is 18.2 Å². The van der Waals surface area contributed by atoms with Gasteiger partial charge in [0.05, 0.1) is 12.1 Å². The largest absolute Gasteiger partial charge is 0.389 e. The Kier molecular flexibility index (Phi) is 4.10. The molecular formula is C13H17ClN2OS. The molecule has 1 aromatic rings. The summed E-state index contributed by atoms with van der Waals surface area (Å²) in [6, 6.07) is 5.98. The molecule has 0 aromatic heterocycles. The molecule has 1 saturated heterocycles. The van der Waals surface area contributed by atoms with Crippen molar-refractivity contribution in [2.75, 3.05) is 18.6 Å². The Morgan fingerprint density at radius 2 is 2.28 bits per heavy atom. The molecule has 2 atom stereocenters. The number of ether oxygens (including phenoxy) is 1. The Hall–Kier alpha value is -0.840. The van der Waals surface area contributed by atoms with Crippen molar-refractivity contribution in [3.05, 3.63) is 28.8 Å². The molecule has 5 heteroatoms. The third-order valence-corrected chi connectivity index (χ3v) is 3.89. The summed E-state index contributed by atoms with van der Waals surface area (Å²) in [5, 5.41) is 0.644. The summed E-state index contributed by atoms with van der Waals surface area (Å²) in [6.45, 7) is 2.89. The monoisotopic (exact) mass is 284 g/mol. The summed E-state index contributed by atoms with van der Waals surface area (Å²) in [4.78, 5) is 2.55. The molecule has 0 bridgehead atoms. The van der Waals surface area contributed by atoms with Crippen molar-refractivity contribution in [2.24, 2.45) is 5.73 Å². The maximum Gasteiger partial charge on any atom is 0.106 e. The molecule has 18 heavy (non-hydrogen) atoms. The zero-order valence-electron chi connectivity index (χ0n) is 10.5. The van der Waals surface area contributed by atoms with Gasteiger partial charge in [0.1, 0.15) is 4.99 Å². The van der Waals surface area contributed by atoms with Gasteiger partial charge in [-0.1, -0.05) is 23.8 Å². The maximum atomic E-state index is 6.00. The lowest BCUT2D eigenvalue weighted by atomic mass is 10.1. The lowest BCUT2D eigenvalue weighted by Gasteiger charge is -2.30. The Labute approximate surface area is 118 Å². The van der Waals surface area contributed by atoms with Gasteiger partial charge in [-0.2, -0.15) is 0 Å². The van der Waals surface area contributed by atoms with E-state index in [1.54, 1.807) is 0 Å². The number of anilines is 1. The van der Waals surface area contributed by atoms with Crippen LogP contribution >= 0.6 is 23.8 Å². The summed E-state index contributed by atoms with van der Waals surface area (Å²) in [5.74, 6) is 0. The first kappa shape index (κ1) is 13.6. The van der Waals surface area contributed by atoms with Crippen LogP contribution in [0.3, 0.4) is 0 Å². The van der Waals surface area contributed by atoms with Crippen LogP contribution in [-0.2, 0) is 4.74 Å². The highest BCUT2D eigenvalue weighted by atomic mass is 35.5. The van der Waals surface area contributed by atoms with Crippen LogP contribution in [0.1, 0.15) is 18.9 Å². The first-order valence-electron chi connectivity index (χ1n) is 5.94. The first-order chi connectivity index (χ1) is 8.50. The van der Waals surface area contributed by atoms with Gasteiger partial charge in [-0.05, 0) is 31.5 Å². The fourth-order valence-corrected chi connectivity index (χ4v) is 2.76. The second-order valence-electron chi connectivity index (χ2n) is 4.57. The molecule has 0 amide bonds. The number of hydrogen-bond donors (Lipinski definition) is 1. The van der Waals surface area contributed by atoms with Gasteiger partial charge in [-0.15, -0.1) is 0 Å². The fourth-order valence-electron chi connectivity index (χ4n) is 2.42. The summed E-state index contributed by atoms with van der Waals surface area (Å²) in [5.41, 5.74) is 7.60. The predicted molar refractivity (Wildman–Crippen MR) is 79.6 cm³/mol. The zero-order valence-corrected chi connectivity index (χ0v) is 12.1. The Balaban J connectivity index is 2.35. The molecule has 98 valence electrons. The third-order valence-electron chi connectivity index (χ3n) is 3.44. The standard InChI is InChI=1S/C13H17ClN2OS/c1-8-11(5-6-17-8)16(2)12-4-3-9(14)7-10(12)13(15)18/h3-4,7-8,11H,5-6H2,1-2H3,(H2,15,18). The normalized spacial score (nSPS) is 23.1. The summed E-state index contributed by atoms with van der Waals surface area (Å²) >= 11 is 11.1.